The Hall–Kier alpha value is -1.43. The van der Waals surface area contributed by atoms with Crippen LogP contribution in [0.2, 0.25) is 0 Å². The highest BCUT2D eigenvalue weighted by Gasteiger charge is 2.51. The summed E-state index contributed by atoms with van der Waals surface area (Å²) in [5, 5.41) is 20.3. The number of hydrogen-bond donors (Lipinski definition) is 2. The van der Waals surface area contributed by atoms with Crippen molar-refractivity contribution < 1.29 is 24.8 Å². The third kappa shape index (κ3) is 4.62. The molecule has 0 radical (unpaired) electrons. The van der Waals surface area contributed by atoms with E-state index >= 15 is 0 Å². The zero-order chi connectivity index (χ0) is 23.1. The van der Waals surface area contributed by atoms with Crippen LogP contribution in [0.4, 0.5) is 0 Å². The number of allylic oxidation sites excluding steroid dienone is 4. The van der Waals surface area contributed by atoms with E-state index in [9.17, 15) is 15.0 Å². The second kappa shape index (κ2) is 9.08. The lowest BCUT2D eigenvalue weighted by Crippen LogP contribution is -2.47. The summed E-state index contributed by atoms with van der Waals surface area (Å²) < 4.78 is 0. The maximum atomic E-state index is 11.7. The fourth-order valence-corrected chi connectivity index (χ4v) is 7.07. The molecule has 178 valence electrons. The quantitative estimate of drug-likeness (QED) is 0.584. The zero-order valence-corrected chi connectivity index (χ0v) is 19.9. The standard InChI is InChI=1S/C27H40O5/c1-17-7-10-21(28)15-20(17)9-8-19-6-5-13-26(3)23(11-12-24(19)26)18(2)14-22-16-27(4,30)25(29)32-31-22/h8-9,18,21-24,28,30H,1,5-7,10-16H2,2-4H3/b19-8+,20-9-. The summed E-state index contributed by atoms with van der Waals surface area (Å²) >= 11 is 0. The molecule has 7 unspecified atom stereocenters. The Balaban J connectivity index is 1.45. The molecule has 0 aromatic rings. The van der Waals surface area contributed by atoms with Gasteiger partial charge in [-0.3, -0.25) is 4.89 Å². The van der Waals surface area contributed by atoms with E-state index in [0.29, 0.717) is 17.8 Å². The third-order valence-electron chi connectivity index (χ3n) is 8.87. The highest BCUT2D eigenvalue weighted by Crippen LogP contribution is 2.60. The number of rotatable bonds is 4. The van der Waals surface area contributed by atoms with E-state index in [2.05, 4.69) is 32.6 Å². The summed E-state index contributed by atoms with van der Waals surface area (Å²) in [5.41, 5.74) is 2.74. The van der Waals surface area contributed by atoms with E-state index in [0.717, 1.165) is 32.1 Å². The molecule has 4 aliphatic rings. The average molecular weight is 445 g/mol. The number of fused-ring (bicyclic) bond motifs is 1. The first-order chi connectivity index (χ1) is 15.1. The predicted octanol–water partition coefficient (Wildman–Crippen LogP) is 5.18. The monoisotopic (exact) mass is 444 g/mol. The lowest BCUT2D eigenvalue weighted by atomic mass is 9.60. The Kier molecular flexibility index (Phi) is 6.73. The van der Waals surface area contributed by atoms with Gasteiger partial charge in [-0.2, -0.15) is 4.89 Å². The molecule has 0 aromatic heterocycles. The maximum Gasteiger partial charge on any atom is 0.373 e. The summed E-state index contributed by atoms with van der Waals surface area (Å²) in [5.74, 6) is 0.907. The van der Waals surface area contributed by atoms with Gasteiger partial charge in [0.1, 0.15) is 6.10 Å². The number of aliphatic hydroxyl groups is 2. The Labute approximate surface area is 192 Å². The van der Waals surface area contributed by atoms with E-state index < -0.39 is 11.6 Å². The molecule has 4 rings (SSSR count). The van der Waals surface area contributed by atoms with Crippen molar-refractivity contribution in [2.45, 2.75) is 103 Å². The van der Waals surface area contributed by atoms with Gasteiger partial charge in [0, 0.05) is 6.42 Å². The van der Waals surface area contributed by atoms with Gasteiger partial charge in [0.25, 0.3) is 0 Å². The minimum Gasteiger partial charge on any atom is -0.393 e. The number of aliphatic hydroxyl groups excluding tert-OH is 1. The molecule has 0 aromatic carbocycles. The second-order valence-corrected chi connectivity index (χ2v) is 11.3. The average Bonchev–Trinajstić information content (AvgIpc) is 3.09. The van der Waals surface area contributed by atoms with Gasteiger partial charge in [-0.1, -0.05) is 43.7 Å². The lowest BCUT2D eigenvalue weighted by molar-refractivity contribution is -0.337. The van der Waals surface area contributed by atoms with Crippen molar-refractivity contribution in [2.75, 3.05) is 0 Å². The van der Waals surface area contributed by atoms with Crippen LogP contribution in [0.25, 0.3) is 0 Å². The van der Waals surface area contributed by atoms with Gasteiger partial charge in [-0.25, -0.2) is 4.79 Å². The molecule has 0 amide bonds. The fraction of sp³-hybridized carbons (Fsp3) is 0.741. The highest BCUT2D eigenvalue weighted by molar-refractivity contribution is 5.78. The maximum absolute atomic E-state index is 11.7. The topological polar surface area (TPSA) is 76.0 Å². The SMILES string of the molecule is C=C1CCC(O)C/C1=C/C=C1\CCCC2(C)C1CCC2C(C)CC1CC(C)(O)C(=O)OO1. The Morgan fingerprint density at radius 3 is 2.75 bits per heavy atom. The molecule has 5 nitrogen and oxygen atoms in total. The number of carbonyl (C=O) groups excluding carboxylic acids is 1. The minimum absolute atomic E-state index is 0.236. The molecule has 0 bridgehead atoms. The molecule has 4 fully saturated rings. The van der Waals surface area contributed by atoms with Crippen LogP contribution < -0.4 is 0 Å². The summed E-state index contributed by atoms with van der Waals surface area (Å²) in [4.78, 5) is 21.8. The number of hydrogen-bond acceptors (Lipinski definition) is 5. The second-order valence-electron chi connectivity index (χ2n) is 11.3. The highest BCUT2D eigenvalue weighted by atomic mass is 17.2. The molecule has 5 heteroatoms. The molecule has 7 atom stereocenters. The van der Waals surface area contributed by atoms with Crippen LogP contribution in [0.1, 0.15) is 85.0 Å². The molecule has 0 spiro atoms. The van der Waals surface area contributed by atoms with Gasteiger partial charge in [-0.15, -0.1) is 0 Å². The van der Waals surface area contributed by atoms with Gasteiger partial charge in [-0.05, 0) is 93.5 Å². The fourth-order valence-electron chi connectivity index (χ4n) is 7.07. The normalized spacial score (nSPS) is 43.9. The first-order valence-electron chi connectivity index (χ1n) is 12.5. The van der Waals surface area contributed by atoms with Crippen molar-refractivity contribution in [3.8, 4) is 0 Å². The van der Waals surface area contributed by atoms with Gasteiger partial charge >= 0.3 is 5.97 Å². The minimum atomic E-state index is -1.46. The van der Waals surface area contributed by atoms with Crippen LogP contribution in [0.15, 0.2) is 35.5 Å². The van der Waals surface area contributed by atoms with Gasteiger partial charge in [0.05, 0.1) is 6.10 Å². The van der Waals surface area contributed by atoms with Crippen LogP contribution in [0.3, 0.4) is 0 Å². The van der Waals surface area contributed by atoms with Crippen molar-refractivity contribution in [1.82, 2.24) is 0 Å². The molecule has 1 aliphatic heterocycles. The first-order valence-corrected chi connectivity index (χ1v) is 12.5. The van der Waals surface area contributed by atoms with Crippen LogP contribution in [0.5, 0.6) is 0 Å². The zero-order valence-electron chi connectivity index (χ0n) is 19.9. The summed E-state index contributed by atoms with van der Waals surface area (Å²) in [6.45, 7) is 10.5. The van der Waals surface area contributed by atoms with E-state index in [1.807, 2.05) is 0 Å². The third-order valence-corrected chi connectivity index (χ3v) is 8.87. The largest absolute Gasteiger partial charge is 0.393 e. The molecule has 1 saturated heterocycles. The summed E-state index contributed by atoms with van der Waals surface area (Å²) in [7, 11) is 0. The Bertz CT molecular complexity index is 809. The van der Waals surface area contributed by atoms with Gasteiger partial charge in [0.2, 0.25) is 0 Å². The first kappa shape index (κ1) is 23.7. The molecule has 3 aliphatic carbocycles. The molecule has 2 N–H and O–H groups in total. The molecular formula is C27H40O5. The van der Waals surface area contributed by atoms with Crippen LogP contribution >= 0.6 is 0 Å². The van der Waals surface area contributed by atoms with E-state index in [4.69, 9.17) is 9.78 Å². The summed E-state index contributed by atoms with van der Waals surface area (Å²) in [6, 6.07) is 0. The van der Waals surface area contributed by atoms with E-state index in [-0.39, 0.29) is 24.0 Å². The van der Waals surface area contributed by atoms with Crippen molar-refractivity contribution >= 4 is 5.97 Å². The number of carbonyl (C=O) groups is 1. The molecule has 32 heavy (non-hydrogen) atoms. The summed E-state index contributed by atoms with van der Waals surface area (Å²) in [6.07, 6.45) is 13.6. The van der Waals surface area contributed by atoms with Crippen molar-refractivity contribution in [3.05, 3.63) is 35.5 Å². The molecular weight excluding hydrogens is 404 g/mol. The van der Waals surface area contributed by atoms with E-state index in [1.54, 1.807) is 5.57 Å². The molecule has 1 heterocycles. The lowest BCUT2D eigenvalue weighted by Gasteiger charge is -2.45. The Morgan fingerprint density at radius 1 is 1.22 bits per heavy atom. The van der Waals surface area contributed by atoms with Crippen molar-refractivity contribution in [3.63, 3.8) is 0 Å². The van der Waals surface area contributed by atoms with Crippen molar-refractivity contribution in [2.24, 2.45) is 23.2 Å². The Morgan fingerprint density at radius 2 is 2.00 bits per heavy atom. The van der Waals surface area contributed by atoms with Crippen LogP contribution in [0, 0.1) is 23.2 Å². The van der Waals surface area contributed by atoms with Crippen LogP contribution in [-0.2, 0) is 14.6 Å². The van der Waals surface area contributed by atoms with Gasteiger partial charge < -0.3 is 10.2 Å². The molecule has 3 saturated carbocycles. The van der Waals surface area contributed by atoms with Gasteiger partial charge in [0.15, 0.2) is 5.60 Å². The predicted molar refractivity (Wildman–Crippen MR) is 123 cm³/mol. The van der Waals surface area contributed by atoms with Crippen molar-refractivity contribution in [1.29, 1.82) is 0 Å². The van der Waals surface area contributed by atoms with E-state index in [1.165, 1.54) is 43.8 Å². The van der Waals surface area contributed by atoms with Crippen LogP contribution in [-0.4, -0.2) is 34.0 Å². The smallest absolute Gasteiger partial charge is 0.373 e.